The molecule has 0 spiro atoms. The number of amides is 1. The maximum absolute atomic E-state index is 14.1. The molecule has 0 aromatic heterocycles. The maximum atomic E-state index is 14.1. The van der Waals surface area contributed by atoms with Crippen molar-refractivity contribution < 1.29 is 68.3 Å². The summed E-state index contributed by atoms with van der Waals surface area (Å²) in [7, 11) is 3.00. The summed E-state index contributed by atoms with van der Waals surface area (Å²) < 4.78 is 36.8. The Morgan fingerprint density at radius 3 is 2.10 bits per heavy atom. The van der Waals surface area contributed by atoms with Crippen molar-refractivity contribution in [3.8, 4) is 0 Å². The van der Waals surface area contributed by atoms with Gasteiger partial charge < -0.3 is 58.9 Å². The number of nitrogens with zero attached hydrogens (tertiary/aromatic N) is 1. The highest BCUT2D eigenvalue weighted by Gasteiger charge is 2.53. The molecular weight excluding hydrogens is 682 g/mol. The first-order valence-electron chi connectivity index (χ1n) is 18.5. The third-order valence-electron chi connectivity index (χ3n) is 11.8. The number of ether oxygens (including phenoxy) is 6. The molecule has 15 heteroatoms. The van der Waals surface area contributed by atoms with E-state index in [1.807, 2.05) is 0 Å². The first-order chi connectivity index (χ1) is 24.0. The van der Waals surface area contributed by atoms with E-state index in [1.165, 1.54) is 39.8 Å². The Labute approximate surface area is 308 Å². The van der Waals surface area contributed by atoms with Crippen LogP contribution in [0.25, 0.3) is 0 Å². The normalized spacial score (nSPS) is 48.8. The summed E-state index contributed by atoms with van der Waals surface area (Å²) >= 11 is 0. The summed E-state index contributed by atoms with van der Waals surface area (Å²) in [6, 6.07) is -0.678. The van der Waals surface area contributed by atoms with E-state index < -0.39 is 120 Å². The standard InChI is InChI=1S/C37H65NO14/c1-13-25-37(10,46)30(42)20(4)27(40)18(2)15-35(8,45)32(52-34-28(41)24(38(11)17-39)14-19(3)48-34)21(5)29(22(6)33(44)50-25)51-26-16-36(9,47-12)31(43)23(7)49-26/h17-26,28-32,34,41-43,45-46H,13-16H2,1-12H3/t18-,19-,20+,21+,22-,23+,24+,25-,26+,28-,29+,30-,31+,32-,34+,35-,36-,37-/m1/s1. The minimum absolute atomic E-state index is 0.0610. The van der Waals surface area contributed by atoms with Crippen LogP contribution in [0.3, 0.4) is 0 Å². The zero-order valence-electron chi connectivity index (χ0n) is 32.9. The highest BCUT2D eigenvalue weighted by Crippen LogP contribution is 2.40. The van der Waals surface area contributed by atoms with Gasteiger partial charge >= 0.3 is 5.97 Å². The average molecular weight is 748 g/mol. The van der Waals surface area contributed by atoms with Gasteiger partial charge in [0.15, 0.2) is 12.6 Å². The van der Waals surface area contributed by atoms with Crippen molar-refractivity contribution in [2.24, 2.45) is 23.7 Å². The van der Waals surface area contributed by atoms with Crippen molar-refractivity contribution >= 4 is 18.2 Å². The number of carbonyl (C=O) groups excluding carboxylic acids is 3. The molecule has 15 nitrogen and oxygen atoms in total. The lowest BCUT2D eigenvalue weighted by Crippen LogP contribution is -2.61. The molecule has 3 saturated heterocycles. The summed E-state index contributed by atoms with van der Waals surface area (Å²) in [5, 5.41) is 57.6. The Kier molecular flexibility index (Phi) is 14.9. The van der Waals surface area contributed by atoms with E-state index in [0.29, 0.717) is 12.8 Å². The molecule has 3 aliphatic heterocycles. The molecule has 0 radical (unpaired) electrons. The Bertz CT molecular complexity index is 1220. The fourth-order valence-electron chi connectivity index (χ4n) is 8.38. The van der Waals surface area contributed by atoms with Crippen LogP contribution in [-0.4, -0.2) is 147 Å². The van der Waals surface area contributed by atoms with Gasteiger partial charge in [0.2, 0.25) is 6.41 Å². The van der Waals surface area contributed by atoms with Crippen LogP contribution in [0.5, 0.6) is 0 Å². The van der Waals surface area contributed by atoms with Gasteiger partial charge in [-0.25, -0.2) is 0 Å². The van der Waals surface area contributed by atoms with Crippen LogP contribution in [0.2, 0.25) is 0 Å². The molecule has 302 valence electrons. The van der Waals surface area contributed by atoms with Gasteiger partial charge in [-0.1, -0.05) is 27.7 Å². The molecule has 0 bridgehead atoms. The SMILES string of the molecule is CC[C@H]1OC(=O)[C@H](C)[C@@H](O[C@H]2C[C@@](C)(OC)[C@@H](O)[C@H](C)O2)[C@H](C)[C@@H](O[C@@H]2O[C@H](C)C[C@H](N(C)C=O)[C@H]2O)[C@](C)(O)C[C@@H](C)C(=O)[C@H](C)[C@@H](O)[C@]1(C)O. The van der Waals surface area contributed by atoms with Crippen molar-refractivity contribution in [3.05, 3.63) is 0 Å². The zero-order valence-corrected chi connectivity index (χ0v) is 32.9. The number of likely N-dealkylation sites (N-methyl/N-ethyl adjacent to an activating group) is 1. The van der Waals surface area contributed by atoms with E-state index in [0.717, 1.165) is 0 Å². The topological polar surface area (TPSA) is 211 Å². The molecule has 0 aromatic carbocycles. The molecule has 1 amide bonds. The Hall–Kier alpha value is -1.79. The molecule has 0 saturated carbocycles. The number of esters is 1. The molecule has 3 heterocycles. The molecule has 5 N–H and O–H groups in total. The van der Waals surface area contributed by atoms with Crippen LogP contribution in [0.1, 0.15) is 94.9 Å². The predicted molar refractivity (Wildman–Crippen MR) is 186 cm³/mol. The lowest BCUT2D eigenvalue weighted by atomic mass is 9.74. The third-order valence-corrected chi connectivity index (χ3v) is 11.8. The summed E-state index contributed by atoms with van der Waals surface area (Å²) in [4.78, 5) is 40.9. The predicted octanol–water partition coefficient (Wildman–Crippen LogP) is 1.31. The zero-order chi connectivity index (χ0) is 39.7. The third kappa shape index (κ3) is 9.35. The number of hydrogen-bond acceptors (Lipinski definition) is 14. The first-order valence-corrected chi connectivity index (χ1v) is 18.5. The second-order valence-corrected chi connectivity index (χ2v) is 16.3. The first kappa shape index (κ1) is 44.6. The number of carbonyl (C=O) groups is 3. The lowest BCUT2D eigenvalue weighted by molar-refractivity contribution is -0.317. The van der Waals surface area contributed by atoms with E-state index in [9.17, 15) is 39.9 Å². The van der Waals surface area contributed by atoms with Gasteiger partial charge in [0.05, 0.1) is 53.7 Å². The number of methoxy groups -OCH3 is 1. The summed E-state index contributed by atoms with van der Waals surface area (Å²) in [5.41, 5.74) is -4.96. The Morgan fingerprint density at radius 2 is 1.54 bits per heavy atom. The summed E-state index contributed by atoms with van der Waals surface area (Å²) in [5.74, 6) is -5.25. The van der Waals surface area contributed by atoms with Gasteiger partial charge in [-0.3, -0.25) is 14.4 Å². The number of Topliss-reactive ketones (excluding diaryl/α,β-unsaturated/α-hetero) is 1. The van der Waals surface area contributed by atoms with Crippen LogP contribution in [0.4, 0.5) is 0 Å². The van der Waals surface area contributed by atoms with Crippen molar-refractivity contribution in [2.45, 2.75) is 179 Å². The minimum atomic E-state index is -2.02. The van der Waals surface area contributed by atoms with Crippen molar-refractivity contribution in [1.82, 2.24) is 4.90 Å². The molecule has 3 aliphatic rings. The van der Waals surface area contributed by atoms with E-state index in [4.69, 9.17) is 28.4 Å². The number of hydrogen-bond donors (Lipinski definition) is 5. The number of cyclic esters (lactones) is 1. The highest BCUT2D eigenvalue weighted by molar-refractivity contribution is 5.83. The number of aliphatic hydroxyl groups is 5. The maximum Gasteiger partial charge on any atom is 0.311 e. The number of aliphatic hydroxyl groups excluding tert-OH is 3. The van der Waals surface area contributed by atoms with Crippen molar-refractivity contribution in [1.29, 1.82) is 0 Å². The van der Waals surface area contributed by atoms with Crippen LogP contribution in [0, 0.1) is 23.7 Å². The van der Waals surface area contributed by atoms with Gasteiger partial charge in [0.25, 0.3) is 0 Å². The summed E-state index contributed by atoms with van der Waals surface area (Å²) in [6.07, 6.45) is -10.3. The molecule has 3 rings (SSSR count). The van der Waals surface area contributed by atoms with E-state index >= 15 is 0 Å². The van der Waals surface area contributed by atoms with Crippen molar-refractivity contribution in [3.63, 3.8) is 0 Å². The fourth-order valence-corrected chi connectivity index (χ4v) is 8.38. The van der Waals surface area contributed by atoms with Crippen LogP contribution in [0.15, 0.2) is 0 Å². The van der Waals surface area contributed by atoms with Crippen molar-refractivity contribution in [2.75, 3.05) is 14.2 Å². The van der Waals surface area contributed by atoms with E-state index in [1.54, 1.807) is 48.5 Å². The van der Waals surface area contributed by atoms with Gasteiger partial charge in [-0.05, 0) is 60.8 Å². The molecule has 18 atom stereocenters. The smallest absolute Gasteiger partial charge is 0.311 e. The minimum Gasteiger partial charge on any atom is -0.459 e. The highest BCUT2D eigenvalue weighted by atomic mass is 16.7. The molecule has 0 aromatic rings. The second-order valence-electron chi connectivity index (χ2n) is 16.3. The Morgan fingerprint density at radius 1 is 0.923 bits per heavy atom. The molecule has 0 aliphatic carbocycles. The monoisotopic (exact) mass is 747 g/mol. The molecule has 3 fully saturated rings. The second kappa shape index (κ2) is 17.3. The largest absolute Gasteiger partial charge is 0.459 e. The van der Waals surface area contributed by atoms with Gasteiger partial charge in [0.1, 0.15) is 29.7 Å². The number of ketones is 1. The summed E-state index contributed by atoms with van der Waals surface area (Å²) in [6.45, 7) is 16.0. The van der Waals surface area contributed by atoms with Gasteiger partial charge in [0, 0.05) is 38.3 Å². The molecule has 0 unspecified atom stereocenters. The van der Waals surface area contributed by atoms with Gasteiger partial charge in [-0.15, -0.1) is 0 Å². The average Bonchev–Trinajstić information content (AvgIpc) is 3.08. The van der Waals surface area contributed by atoms with Crippen LogP contribution < -0.4 is 0 Å². The van der Waals surface area contributed by atoms with E-state index in [2.05, 4.69) is 0 Å². The fraction of sp³-hybridized carbons (Fsp3) is 0.919. The van der Waals surface area contributed by atoms with E-state index in [-0.39, 0.29) is 19.3 Å². The van der Waals surface area contributed by atoms with Crippen LogP contribution in [-0.2, 0) is 42.8 Å². The van der Waals surface area contributed by atoms with Gasteiger partial charge in [-0.2, -0.15) is 0 Å². The number of rotatable bonds is 8. The Balaban J connectivity index is 2.19. The quantitative estimate of drug-likeness (QED) is 0.175. The molecular formula is C37H65NO14. The molecule has 52 heavy (non-hydrogen) atoms. The lowest BCUT2D eigenvalue weighted by Gasteiger charge is -2.49. The van der Waals surface area contributed by atoms with Crippen LogP contribution >= 0.6 is 0 Å².